The standard InChI is InChI=1S/C13H16ClNO/c1-9(8-15-2)6-11-7-10-4-3-5-12(14)13(10)16-11/h3-5,7,9,15H,6,8H2,1-2H3. The van der Waals surface area contributed by atoms with Crippen molar-refractivity contribution < 1.29 is 4.42 Å². The van der Waals surface area contributed by atoms with E-state index in [0.29, 0.717) is 10.9 Å². The van der Waals surface area contributed by atoms with E-state index in [-0.39, 0.29) is 0 Å². The van der Waals surface area contributed by atoms with Gasteiger partial charge >= 0.3 is 0 Å². The first-order valence-corrected chi connectivity index (χ1v) is 5.90. The summed E-state index contributed by atoms with van der Waals surface area (Å²) in [6.45, 7) is 3.19. The smallest absolute Gasteiger partial charge is 0.152 e. The van der Waals surface area contributed by atoms with Crippen LogP contribution in [-0.4, -0.2) is 13.6 Å². The Balaban J connectivity index is 2.23. The monoisotopic (exact) mass is 237 g/mol. The lowest BCUT2D eigenvalue weighted by atomic mass is 10.1. The Labute approximate surface area is 101 Å². The molecule has 1 atom stereocenters. The third-order valence-electron chi connectivity index (χ3n) is 2.65. The van der Waals surface area contributed by atoms with Crippen LogP contribution < -0.4 is 5.32 Å². The average molecular weight is 238 g/mol. The second kappa shape index (κ2) is 4.89. The van der Waals surface area contributed by atoms with Gasteiger partial charge in [0.1, 0.15) is 5.76 Å². The molecule has 0 fully saturated rings. The van der Waals surface area contributed by atoms with Gasteiger partial charge in [-0.3, -0.25) is 0 Å². The van der Waals surface area contributed by atoms with Crippen molar-refractivity contribution in [3.8, 4) is 0 Å². The van der Waals surface area contributed by atoms with E-state index in [4.69, 9.17) is 16.0 Å². The Bertz CT molecular complexity index is 478. The van der Waals surface area contributed by atoms with Crippen molar-refractivity contribution >= 4 is 22.6 Å². The minimum absolute atomic E-state index is 0.560. The van der Waals surface area contributed by atoms with Gasteiger partial charge in [-0.25, -0.2) is 0 Å². The molecule has 0 aliphatic heterocycles. The van der Waals surface area contributed by atoms with E-state index < -0.39 is 0 Å². The quantitative estimate of drug-likeness (QED) is 0.881. The lowest BCUT2D eigenvalue weighted by Crippen LogP contribution is -2.17. The Morgan fingerprint density at radius 3 is 2.94 bits per heavy atom. The SMILES string of the molecule is CNCC(C)Cc1cc2cccc(Cl)c2o1. The fraction of sp³-hybridized carbons (Fsp3) is 0.385. The zero-order chi connectivity index (χ0) is 11.5. The zero-order valence-electron chi connectivity index (χ0n) is 9.59. The van der Waals surface area contributed by atoms with E-state index in [1.54, 1.807) is 0 Å². The van der Waals surface area contributed by atoms with E-state index in [2.05, 4.69) is 18.3 Å². The topological polar surface area (TPSA) is 25.2 Å². The van der Waals surface area contributed by atoms with E-state index in [9.17, 15) is 0 Å². The summed E-state index contributed by atoms with van der Waals surface area (Å²) in [5.41, 5.74) is 0.802. The van der Waals surface area contributed by atoms with Gasteiger partial charge < -0.3 is 9.73 Å². The van der Waals surface area contributed by atoms with Crippen molar-refractivity contribution in [2.45, 2.75) is 13.3 Å². The lowest BCUT2D eigenvalue weighted by molar-refractivity contribution is 0.466. The molecule has 0 saturated carbocycles. The normalized spacial score (nSPS) is 13.2. The molecule has 0 bridgehead atoms. The van der Waals surface area contributed by atoms with Crippen molar-refractivity contribution in [2.75, 3.05) is 13.6 Å². The molecule has 16 heavy (non-hydrogen) atoms. The Kier molecular flexibility index (Phi) is 3.52. The first kappa shape index (κ1) is 11.5. The van der Waals surface area contributed by atoms with Crippen LogP contribution >= 0.6 is 11.6 Å². The second-order valence-electron chi connectivity index (χ2n) is 4.24. The van der Waals surface area contributed by atoms with Crippen LogP contribution in [0.1, 0.15) is 12.7 Å². The largest absolute Gasteiger partial charge is 0.459 e. The number of fused-ring (bicyclic) bond motifs is 1. The number of hydrogen-bond donors (Lipinski definition) is 1. The van der Waals surface area contributed by atoms with Gasteiger partial charge in [0.05, 0.1) is 5.02 Å². The molecule has 1 N–H and O–H groups in total. The first-order chi connectivity index (χ1) is 7.70. The maximum absolute atomic E-state index is 6.06. The maximum atomic E-state index is 6.06. The van der Waals surface area contributed by atoms with Gasteiger partial charge in [-0.1, -0.05) is 30.7 Å². The molecule has 0 radical (unpaired) electrons. The molecule has 1 heterocycles. The van der Waals surface area contributed by atoms with Crippen LogP contribution in [0.4, 0.5) is 0 Å². The summed E-state index contributed by atoms with van der Waals surface area (Å²) in [4.78, 5) is 0. The summed E-state index contributed by atoms with van der Waals surface area (Å²) in [7, 11) is 1.96. The molecule has 1 aromatic carbocycles. The summed E-state index contributed by atoms with van der Waals surface area (Å²) in [5.74, 6) is 1.56. The minimum atomic E-state index is 0.560. The van der Waals surface area contributed by atoms with Crippen molar-refractivity contribution in [1.82, 2.24) is 5.32 Å². The Hall–Kier alpha value is -0.990. The zero-order valence-corrected chi connectivity index (χ0v) is 10.3. The fourth-order valence-electron chi connectivity index (χ4n) is 1.95. The summed E-state index contributed by atoms with van der Waals surface area (Å²) in [6, 6.07) is 7.90. The van der Waals surface area contributed by atoms with Crippen LogP contribution in [0.2, 0.25) is 5.02 Å². The number of hydrogen-bond acceptors (Lipinski definition) is 2. The van der Waals surface area contributed by atoms with Crippen LogP contribution in [0, 0.1) is 5.92 Å². The summed E-state index contributed by atoms with van der Waals surface area (Å²) < 4.78 is 5.76. The van der Waals surface area contributed by atoms with Crippen molar-refractivity contribution in [3.63, 3.8) is 0 Å². The number of benzene rings is 1. The van der Waals surface area contributed by atoms with E-state index in [0.717, 1.165) is 29.7 Å². The third kappa shape index (κ3) is 2.39. The molecular weight excluding hydrogens is 222 g/mol. The molecule has 0 aliphatic carbocycles. The number of rotatable bonds is 4. The molecule has 2 aromatic rings. The van der Waals surface area contributed by atoms with Gasteiger partial charge in [0.2, 0.25) is 0 Å². The molecule has 86 valence electrons. The summed E-state index contributed by atoms with van der Waals surface area (Å²) in [5, 5.41) is 4.93. The molecule has 0 amide bonds. The highest BCUT2D eigenvalue weighted by molar-refractivity contribution is 6.34. The molecule has 1 unspecified atom stereocenters. The predicted molar refractivity (Wildman–Crippen MR) is 68.0 cm³/mol. The van der Waals surface area contributed by atoms with Gasteiger partial charge in [0, 0.05) is 11.8 Å². The molecule has 2 rings (SSSR count). The Morgan fingerprint density at radius 1 is 1.44 bits per heavy atom. The molecule has 0 aliphatic rings. The van der Waals surface area contributed by atoms with Crippen LogP contribution in [0.25, 0.3) is 11.0 Å². The molecule has 2 nitrogen and oxygen atoms in total. The molecular formula is C13H16ClNO. The highest BCUT2D eigenvalue weighted by Crippen LogP contribution is 2.27. The predicted octanol–water partition coefficient (Wildman–Crippen LogP) is 3.48. The van der Waals surface area contributed by atoms with Gasteiger partial charge in [-0.2, -0.15) is 0 Å². The van der Waals surface area contributed by atoms with E-state index >= 15 is 0 Å². The second-order valence-corrected chi connectivity index (χ2v) is 4.65. The third-order valence-corrected chi connectivity index (χ3v) is 2.95. The lowest BCUT2D eigenvalue weighted by Gasteiger charge is -2.07. The van der Waals surface area contributed by atoms with Gasteiger partial charge in [0.15, 0.2) is 5.58 Å². The molecule has 0 saturated heterocycles. The number of furan rings is 1. The first-order valence-electron chi connectivity index (χ1n) is 5.52. The van der Waals surface area contributed by atoms with Crippen LogP contribution in [0.15, 0.2) is 28.7 Å². The number of para-hydroxylation sites is 1. The van der Waals surface area contributed by atoms with Crippen molar-refractivity contribution in [2.24, 2.45) is 5.92 Å². The number of halogens is 1. The van der Waals surface area contributed by atoms with Gasteiger partial charge in [-0.05, 0) is 31.6 Å². The highest BCUT2D eigenvalue weighted by atomic mass is 35.5. The maximum Gasteiger partial charge on any atom is 0.152 e. The van der Waals surface area contributed by atoms with Crippen molar-refractivity contribution in [1.29, 1.82) is 0 Å². The van der Waals surface area contributed by atoms with Gasteiger partial charge in [0.25, 0.3) is 0 Å². The number of nitrogens with one attached hydrogen (secondary N) is 1. The Morgan fingerprint density at radius 2 is 2.25 bits per heavy atom. The highest BCUT2D eigenvalue weighted by Gasteiger charge is 2.09. The van der Waals surface area contributed by atoms with Gasteiger partial charge in [-0.15, -0.1) is 0 Å². The molecule has 3 heteroatoms. The minimum Gasteiger partial charge on any atom is -0.459 e. The van der Waals surface area contributed by atoms with Crippen molar-refractivity contribution in [3.05, 3.63) is 35.0 Å². The summed E-state index contributed by atoms with van der Waals surface area (Å²) >= 11 is 6.06. The van der Waals surface area contributed by atoms with E-state index in [1.165, 1.54) is 0 Å². The van der Waals surface area contributed by atoms with Crippen LogP contribution in [0.5, 0.6) is 0 Å². The molecule has 1 aromatic heterocycles. The molecule has 0 spiro atoms. The average Bonchev–Trinajstić information content (AvgIpc) is 2.62. The van der Waals surface area contributed by atoms with Crippen LogP contribution in [-0.2, 0) is 6.42 Å². The van der Waals surface area contributed by atoms with Crippen LogP contribution in [0.3, 0.4) is 0 Å². The van der Waals surface area contributed by atoms with E-state index in [1.807, 2.05) is 25.2 Å². The fourth-order valence-corrected chi connectivity index (χ4v) is 2.17. The summed E-state index contributed by atoms with van der Waals surface area (Å²) in [6.07, 6.45) is 0.936.